The number of carbonyl (C=O) groups excluding carboxylic acids is 1. The summed E-state index contributed by atoms with van der Waals surface area (Å²) in [4.78, 5) is 14.5. The molecule has 0 N–H and O–H groups in total. The molecule has 0 aromatic heterocycles. The Morgan fingerprint density at radius 2 is 2.06 bits per heavy atom. The van der Waals surface area contributed by atoms with Crippen molar-refractivity contribution in [2.75, 3.05) is 14.2 Å². The van der Waals surface area contributed by atoms with Gasteiger partial charge in [0, 0.05) is 11.1 Å². The summed E-state index contributed by atoms with van der Waals surface area (Å²) in [5, 5.41) is 0. The maximum Gasteiger partial charge on any atom is 0.235 e. The van der Waals surface area contributed by atoms with Crippen LogP contribution < -0.4 is 9.47 Å². The van der Waals surface area contributed by atoms with Crippen molar-refractivity contribution in [3.05, 3.63) is 21.7 Å². The number of rotatable bonds is 4. The number of hydrogen-bond acceptors (Lipinski definition) is 4. The third kappa shape index (κ3) is 1.93. The van der Waals surface area contributed by atoms with Crippen LogP contribution in [0.5, 0.6) is 11.5 Å². The Labute approximate surface area is 114 Å². The van der Waals surface area contributed by atoms with E-state index in [4.69, 9.17) is 9.47 Å². The lowest BCUT2D eigenvalue weighted by molar-refractivity contribution is 0.389. The highest BCUT2D eigenvalue weighted by Crippen LogP contribution is 2.55. The van der Waals surface area contributed by atoms with Crippen LogP contribution in [0.2, 0.25) is 0 Å². The van der Waals surface area contributed by atoms with E-state index in [0.717, 1.165) is 34.2 Å². The summed E-state index contributed by atoms with van der Waals surface area (Å²) in [5.41, 5.74) is 1.36. The average Bonchev–Trinajstić information content (AvgIpc) is 3.13. The molecular weight excluding hydrogens is 298 g/mol. The fraction of sp³-hybridized carbons (Fsp3) is 0.462. The standard InChI is InChI=1S/C13H14BrNO3/c1-8-10(17-2)6-9(12(18-3)11(8)14)13(4-5-13)15-7-16/h6H,4-5H2,1-3H3. The van der Waals surface area contributed by atoms with Crippen molar-refractivity contribution in [1.82, 2.24) is 0 Å². The predicted octanol–water partition coefficient (Wildman–Crippen LogP) is 3.10. The van der Waals surface area contributed by atoms with Crippen LogP contribution in [-0.4, -0.2) is 20.3 Å². The maximum atomic E-state index is 10.6. The highest BCUT2D eigenvalue weighted by molar-refractivity contribution is 9.10. The summed E-state index contributed by atoms with van der Waals surface area (Å²) < 4.78 is 11.6. The number of ether oxygens (including phenoxy) is 2. The van der Waals surface area contributed by atoms with Crippen molar-refractivity contribution in [2.45, 2.75) is 25.3 Å². The second-order valence-electron chi connectivity index (χ2n) is 4.33. The van der Waals surface area contributed by atoms with Crippen molar-refractivity contribution in [3.8, 4) is 11.5 Å². The number of isocyanates is 1. The first-order valence-corrected chi connectivity index (χ1v) is 6.39. The van der Waals surface area contributed by atoms with Crippen LogP contribution in [-0.2, 0) is 10.3 Å². The molecule has 1 aromatic carbocycles. The Bertz CT molecular complexity index is 532. The lowest BCUT2D eigenvalue weighted by atomic mass is 10.0. The van der Waals surface area contributed by atoms with Gasteiger partial charge in [0.15, 0.2) is 0 Å². The number of aliphatic imine (C=N–C) groups is 1. The third-order valence-electron chi connectivity index (χ3n) is 3.33. The van der Waals surface area contributed by atoms with Crippen molar-refractivity contribution >= 4 is 22.0 Å². The fourth-order valence-electron chi connectivity index (χ4n) is 2.11. The molecule has 1 saturated carbocycles. The summed E-state index contributed by atoms with van der Waals surface area (Å²) in [6.45, 7) is 1.94. The predicted molar refractivity (Wildman–Crippen MR) is 71.0 cm³/mol. The number of halogens is 1. The van der Waals surface area contributed by atoms with Gasteiger partial charge in [-0.3, -0.25) is 0 Å². The Balaban J connectivity index is 2.66. The van der Waals surface area contributed by atoms with Gasteiger partial charge in [0.05, 0.1) is 18.7 Å². The highest BCUT2D eigenvalue weighted by Gasteiger charge is 2.47. The van der Waals surface area contributed by atoms with Crippen LogP contribution in [0.15, 0.2) is 15.5 Å². The van der Waals surface area contributed by atoms with Crippen molar-refractivity contribution in [2.24, 2.45) is 4.99 Å². The minimum Gasteiger partial charge on any atom is -0.496 e. The van der Waals surface area contributed by atoms with Gasteiger partial charge >= 0.3 is 0 Å². The van der Waals surface area contributed by atoms with Gasteiger partial charge in [-0.25, -0.2) is 4.79 Å². The van der Waals surface area contributed by atoms with E-state index in [1.807, 2.05) is 13.0 Å². The topological polar surface area (TPSA) is 47.9 Å². The zero-order chi connectivity index (χ0) is 13.3. The SMILES string of the molecule is COc1cc(C2(N=C=O)CC2)c(OC)c(Br)c1C. The summed E-state index contributed by atoms with van der Waals surface area (Å²) in [6.07, 6.45) is 3.32. The highest BCUT2D eigenvalue weighted by atomic mass is 79.9. The largest absolute Gasteiger partial charge is 0.496 e. The number of methoxy groups -OCH3 is 2. The van der Waals surface area contributed by atoms with Gasteiger partial charge in [0.2, 0.25) is 6.08 Å². The third-order valence-corrected chi connectivity index (χ3v) is 4.28. The molecule has 0 unspecified atom stereocenters. The molecule has 1 aromatic rings. The Morgan fingerprint density at radius 3 is 2.50 bits per heavy atom. The molecule has 0 atom stereocenters. The molecule has 4 nitrogen and oxygen atoms in total. The van der Waals surface area contributed by atoms with E-state index in [2.05, 4.69) is 20.9 Å². The second kappa shape index (κ2) is 4.75. The van der Waals surface area contributed by atoms with E-state index in [1.54, 1.807) is 20.3 Å². The zero-order valence-electron chi connectivity index (χ0n) is 10.5. The number of nitrogens with zero attached hydrogens (tertiary/aromatic N) is 1. The molecule has 0 aliphatic heterocycles. The Hall–Kier alpha value is -1.32. The molecular formula is C13H14BrNO3. The molecule has 0 saturated heterocycles. The molecule has 0 spiro atoms. The van der Waals surface area contributed by atoms with Crippen LogP contribution in [0.25, 0.3) is 0 Å². The van der Waals surface area contributed by atoms with Crippen LogP contribution in [0.4, 0.5) is 0 Å². The van der Waals surface area contributed by atoms with Gasteiger partial charge < -0.3 is 9.47 Å². The normalized spacial score (nSPS) is 15.8. The lowest BCUT2D eigenvalue weighted by Gasteiger charge is -2.18. The second-order valence-corrected chi connectivity index (χ2v) is 5.13. The van der Waals surface area contributed by atoms with Crippen LogP contribution in [0.3, 0.4) is 0 Å². The number of benzene rings is 1. The molecule has 1 fully saturated rings. The molecule has 2 rings (SSSR count). The molecule has 1 aliphatic rings. The first-order valence-electron chi connectivity index (χ1n) is 5.60. The summed E-state index contributed by atoms with van der Waals surface area (Å²) >= 11 is 3.51. The molecule has 5 heteroatoms. The van der Waals surface area contributed by atoms with Crippen molar-refractivity contribution in [1.29, 1.82) is 0 Å². The molecule has 18 heavy (non-hydrogen) atoms. The smallest absolute Gasteiger partial charge is 0.235 e. The van der Waals surface area contributed by atoms with Gasteiger partial charge in [0.25, 0.3) is 0 Å². The summed E-state index contributed by atoms with van der Waals surface area (Å²) in [5.74, 6) is 1.47. The molecule has 1 aliphatic carbocycles. The average molecular weight is 312 g/mol. The monoisotopic (exact) mass is 311 g/mol. The summed E-state index contributed by atoms with van der Waals surface area (Å²) in [6, 6.07) is 1.90. The minimum absolute atomic E-state index is 0.476. The first kappa shape index (κ1) is 13.1. The Morgan fingerprint density at radius 1 is 1.39 bits per heavy atom. The van der Waals surface area contributed by atoms with E-state index < -0.39 is 5.54 Å². The first-order chi connectivity index (χ1) is 8.59. The quantitative estimate of drug-likeness (QED) is 0.634. The minimum atomic E-state index is -0.476. The maximum absolute atomic E-state index is 10.6. The number of hydrogen-bond donors (Lipinski definition) is 0. The van der Waals surface area contributed by atoms with Gasteiger partial charge in [0.1, 0.15) is 17.0 Å². The molecule has 0 bridgehead atoms. The van der Waals surface area contributed by atoms with Gasteiger partial charge in [-0.05, 0) is 41.8 Å². The fourth-order valence-corrected chi connectivity index (χ4v) is 2.68. The molecule has 0 amide bonds. The summed E-state index contributed by atoms with van der Waals surface area (Å²) in [7, 11) is 3.23. The van der Waals surface area contributed by atoms with E-state index >= 15 is 0 Å². The van der Waals surface area contributed by atoms with Crippen molar-refractivity contribution < 1.29 is 14.3 Å². The van der Waals surface area contributed by atoms with E-state index in [1.165, 1.54) is 0 Å². The van der Waals surface area contributed by atoms with Crippen LogP contribution >= 0.6 is 15.9 Å². The molecule has 96 valence electrons. The molecule has 0 radical (unpaired) electrons. The van der Waals surface area contributed by atoms with E-state index in [-0.39, 0.29) is 0 Å². The van der Waals surface area contributed by atoms with E-state index in [9.17, 15) is 4.79 Å². The zero-order valence-corrected chi connectivity index (χ0v) is 12.1. The van der Waals surface area contributed by atoms with Crippen LogP contribution in [0, 0.1) is 6.92 Å². The lowest BCUT2D eigenvalue weighted by Crippen LogP contribution is -2.07. The van der Waals surface area contributed by atoms with Gasteiger partial charge in [-0.1, -0.05) is 0 Å². The molecule has 0 heterocycles. The van der Waals surface area contributed by atoms with Gasteiger partial charge in [-0.2, -0.15) is 4.99 Å². The van der Waals surface area contributed by atoms with E-state index in [0.29, 0.717) is 5.75 Å². The Kier molecular flexibility index (Phi) is 3.46. The van der Waals surface area contributed by atoms with Crippen LogP contribution in [0.1, 0.15) is 24.0 Å². The van der Waals surface area contributed by atoms with Gasteiger partial charge in [-0.15, -0.1) is 0 Å². The van der Waals surface area contributed by atoms with Crippen molar-refractivity contribution in [3.63, 3.8) is 0 Å².